The normalized spacial score (nSPS) is 17.2. The number of hydrogen-bond donors (Lipinski definition) is 6. The number of likely N-dealkylation sites (tertiary alicyclic amines) is 1. The number of phenolic OH excluding ortho intramolecular Hbond substituents is 1. The van der Waals surface area contributed by atoms with E-state index in [9.17, 15) is 29.4 Å². The monoisotopic (exact) mass is 915 g/mol. The Hall–Kier alpha value is -5.73. The number of piperidine rings is 1. The summed E-state index contributed by atoms with van der Waals surface area (Å²) in [6.07, 6.45) is 0.496. The molecule has 4 heterocycles. The molecule has 0 radical (unpaired) electrons. The van der Waals surface area contributed by atoms with Crippen LogP contribution in [-0.4, -0.2) is 138 Å². The van der Waals surface area contributed by atoms with Gasteiger partial charge in [0, 0.05) is 50.6 Å². The summed E-state index contributed by atoms with van der Waals surface area (Å²) in [7, 11) is 0. The number of benzene rings is 2. The van der Waals surface area contributed by atoms with E-state index in [1.165, 1.54) is 4.90 Å². The summed E-state index contributed by atoms with van der Waals surface area (Å²) in [6, 6.07) is 14.7. The Morgan fingerprint density at radius 1 is 0.923 bits per heavy atom. The summed E-state index contributed by atoms with van der Waals surface area (Å²) < 4.78 is 16.7. The van der Waals surface area contributed by atoms with Gasteiger partial charge in [0.2, 0.25) is 23.6 Å². The van der Waals surface area contributed by atoms with Crippen molar-refractivity contribution in [3.05, 3.63) is 71.4 Å². The number of β-amino-alcohol motifs (C(OH)–C–C–N with tert-alkyl or cyclic N) is 1. The first-order valence-corrected chi connectivity index (χ1v) is 22.8. The minimum atomic E-state index is -0.977. The molecular formula is C46H61N9O9S. The molecule has 19 heteroatoms. The third-order valence-corrected chi connectivity index (χ3v) is 12.4. The van der Waals surface area contributed by atoms with E-state index in [2.05, 4.69) is 36.0 Å². The number of aromatic nitrogens is 3. The number of anilines is 2. The zero-order valence-corrected chi connectivity index (χ0v) is 38.3. The lowest BCUT2D eigenvalue weighted by Gasteiger charge is -2.35. The van der Waals surface area contributed by atoms with Crippen LogP contribution in [0.4, 0.5) is 11.5 Å². The van der Waals surface area contributed by atoms with Crippen molar-refractivity contribution in [2.24, 2.45) is 11.3 Å². The van der Waals surface area contributed by atoms with Crippen molar-refractivity contribution in [3.63, 3.8) is 0 Å². The van der Waals surface area contributed by atoms with Crippen molar-refractivity contribution in [3.8, 4) is 27.4 Å². The molecule has 0 aliphatic carbocycles. The summed E-state index contributed by atoms with van der Waals surface area (Å²) in [5.74, 6) is -1.11. The summed E-state index contributed by atoms with van der Waals surface area (Å²) in [5.41, 5.74) is 11.9. The Morgan fingerprint density at radius 3 is 2.29 bits per heavy atom. The van der Waals surface area contributed by atoms with E-state index in [4.69, 9.17) is 19.9 Å². The molecule has 2 aliphatic heterocycles. The molecule has 4 amide bonds. The van der Waals surface area contributed by atoms with Crippen LogP contribution >= 0.6 is 11.3 Å². The first kappa shape index (κ1) is 48.7. The summed E-state index contributed by atoms with van der Waals surface area (Å²) in [5, 5.41) is 37.7. The van der Waals surface area contributed by atoms with Gasteiger partial charge in [0.1, 0.15) is 24.4 Å². The van der Waals surface area contributed by atoms with Crippen molar-refractivity contribution >= 4 is 46.5 Å². The highest BCUT2D eigenvalue weighted by Crippen LogP contribution is 2.33. The molecule has 3 atom stereocenters. The summed E-state index contributed by atoms with van der Waals surface area (Å²) >= 11 is 1.57. The number of phenols is 1. The molecular weight excluding hydrogens is 855 g/mol. The molecule has 2 aliphatic rings. The second kappa shape index (κ2) is 22.9. The van der Waals surface area contributed by atoms with Crippen molar-refractivity contribution in [2.45, 2.75) is 71.7 Å². The minimum absolute atomic E-state index is 0.0252. The number of nitrogens with zero attached hydrogens (tertiary/aromatic N) is 5. The van der Waals surface area contributed by atoms with Crippen LogP contribution in [0.25, 0.3) is 21.7 Å². The molecule has 0 saturated carbocycles. The number of rotatable bonds is 20. The molecule has 2 aromatic heterocycles. The van der Waals surface area contributed by atoms with Gasteiger partial charge >= 0.3 is 0 Å². The number of aliphatic hydroxyl groups excluding tert-OH is 1. The Balaban J connectivity index is 0.824. The smallest absolute Gasteiger partial charge is 0.246 e. The third kappa shape index (κ3) is 13.4. The quantitative estimate of drug-likeness (QED) is 0.0699. The van der Waals surface area contributed by atoms with Crippen molar-refractivity contribution in [1.29, 1.82) is 0 Å². The molecule has 2 aromatic carbocycles. The van der Waals surface area contributed by atoms with Crippen LogP contribution in [0, 0.1) is 18.3 Å². The Labute approximate surface area is 383 Å². The van der Waals surface area contributed by atoms with Crippen LogP contribution in [0.15, 0.2) is 60.1 Å². The molecule has 2 saturated heterocycles. The van der Waals surface area contributed by atoms with Gasteiger partial charge < -0.3 is 55.9 Å². The molecule has 0 bridgehead atoms. The van der Waals surface area contributed by atoms with Gasteiger partial charge in [0.05, 0.1) is 66.6 Å². The first-order valence-electron chi connectivity index (χ1n) is 21.9. The number of carbonyl (C=O) groups is 4. The number of nitrogens with one attached hydrogen (secondary N) is 3. The van der Waals surface area contributed by atoms with Gasteiger partial charge in [-0.1, -0.05) is 57.2 Å². The van der Waals surface area contributed by atoms with Crippen molar-refractivity contribution in [1.82, 2.24) is 36.0 Å². The lowest BCUT2D eigenvalue weighted by molar-refractivity contribution is -0.144. The number of carbonyl (C=O) groups excluding carboxylic acids is 4. The average Bonchev–Trinajstić information content (AvgIpc) is 3.91. The van der Waals surface area contributed by atoms with Crippen LogP contribution < -0.4 is 26.6 Å². The second-order valence-electron chi connectivity index (χ2n) is 17.3. The maximum Gasteiger partial charge on any atom is 0.246 e. The van der Waals surface area contributed by atoms with Crippen LogP contribution in [0.1, 0.15) is 51.3 Å². The van der Waals surface area contributed by atoms with E-state index in [0.29, 0.717) is 62.8 Å². The number of nitrogen functional groups attached to an aromatic ring is 1. The standard InChI is InChI=1S/C46H61N9O9S/c1-29-40(65-28-50-29)31-11-9-30(10-12-31)25-49-44(60)37-23-33(56)26-55(37)45(61)41(46(2,3)4)51-39(58)27-64-22-21-63-20-19-62-18-15-48-43(59)32-13-16-54(17-14-32)36-24-35(52-53-42(36)47)34-7-5-6-8-38(34)57/h5-12,24,28,32-33,37,41,56-57H,13-23,25-27H2,1-4H3,(H2,47,53)(H,48,59)(H,49,60)(H,51,58)/t33-,37+,41-/m1/s1. The topological polar surface area (TPSA) is 244 Å². The second-order valence-corrected chi connectivity index (χ2v) is 18.1. The average molecular weight is 916 g/mol. The van der Waals surface area contributed by atoms with Gasteiger partial charge in [0.15, 0.2) is 5.82 Å². The molecule has 0 unspecified atom stereocenters. The maximum absolute atomic E-state index is 13.9. The van der Waals surface area contributed by atoms with E-state index >= 15 is 0 Å². The minimum Gasteiger partial charge on any atom is -0.507 e. The van der Waals surface area contributed by atoms with Gasteiger partial charge in [-0.25, -0.2) is 4.98 Å². The molecule has 65 heavy (non-hydrogen) atoms. The number of thiazole rings is 1. The van der Waals surface area contributed by atoms with Crippen molar-refractivity contribution in [2.75, 3.05) is 76.5 Å². The molecule has 350 valence electrons. The summed E-state index contributed by atoms with van der Waals surface area (Å²) in [4.78, 5) is 61.9. The molecule has 4 aromatic rings. The molecule has 7 N–H and O–H groups in total. The van der Waals surface area contributed by atoms with Gasteiger partial charge in [-0.3, -0.25) is 19.2 Å². The number of para-hydroxylation sites is 1. The number of hydrogen-bond acceptors (Lipinski definition) is 15. The lowest BCUT2D eigenvalue weighted by atomic mass is 9.85. The van der Waals surface area contributed by atoms with Gasteiger partial charge in [-0.2, -0.15) is 0 Å². The summed E-state index contributed by atoms with van der Waals surface area (Å²) in [6.45, 7) is 10.2. The largest absolute Gasteiger partial charge is 0.507 e. The predicted octanol–water partition coefficient (Wildman–Crippen LogP) is 3.05. The van der Waals surface area contributed by atoms with Crippen LogP contribution in [0.2, 0.25) is 0 Å². The zero-order valence-electron chi connectivity index (χ0n) is 37.5. The molecule has 18 nitrogen and oxygen atoms in total. The maximum atomic E-state index is 13.9. The van der Waals surface area contributed by atoms with Crippen molar-refractivity contribution < 1.29 is 43.6 Å². The number of ether oxygens (including phenoxy) is 3. The number of nitrogens with two attached hydrogens (primary N) is 1. The fraction of sp³-hybridized carbons (Fsp3) is 0.500. The number of aryl methyl sites for hydroxylation is 1. The Kier molecular flexibility index (Phi) is 17.2. The Bertz CT molecular complexity index is 2230. The SMILES string of the molecule is Cc1ncsc1-c1ccc(CNC(=O)[C@@H]2C[C@@H](O)CN2C(=O)[C@@H](NC(=O)COCCOCCOCCNC(=O)C2CCN(c3cc(-c4ccccc4O)nnc3N)CC2)C(C)(C)C)cc1. The number of aromatic hydroxyl groups is 1. The van der Waals surface area contributed by atoms with E-state index in [1.54, 1.807) is 35.0 Å². The number of amides is 4. The number of aliphatic hydroxyl groups is 1. The first-order chi connectivity index (χ1) is 31.2. The van der Waals surface area contributed by atoms with Gasteiger partial charge in [-0.05, 0) is 54.5 Å². The van der Waals surface area contributed by atoms with Crippen LogP contribution in [0.3, 0.4) is 0 Å². The van der Waals surface area contributed by atoms with E-state index in [1.807, 2.05) is 64.1 Å². The van der Waals surface area contributed by atoms with Crippen LogP contribution in [0.5, 0.6) is 5.75 Å². The van der Waals surface area contributed by atoms with E-state index < -0.39 is 35.4 Å². The van der Waals surface area contributed by atoms with Gasteiger partial charge in [0.25, 0.3) is 0 Å². The highest BCUT2D eigenvalue weighted by molar-refractivity contribution is 7.13. The molecule has 2 fully saturated rings. The van der Waals surface area contributed by atoms with E-state index in [-0.39, 0.29) is 69.4 Å². The van der Waals surface area contributed by atoms with Crippen LogP contribution in [-0.2, 0) is 39.9 Å². The fourth-order valence-electron chi connectivity index (χ4n) is 7.83. The molecule has 6 rings (SSSR count). The molecule has 0 spiro atoms. The van der Waals surface area contributed by atoms with E-state index in [0.717, 1.165) is 27.4 Å². The van der Waals surface area contributed by atoms with Gasteiger partial charge in [-0.15, -0.1) is 21.5 Å². The fourth-order valence-corrected chi connectivity index (χ4v) is 8.64. The lowest BCUT2D eigenvalue weighted by Crippen LogP contribution is -2.58. The zero-order chi connectivity index (χ0) is 46.5. The highest BCUT2D eigenvalue weighted by Gasteiger charge is 2.44. The Morgan fingerprint density at radius 2 is 1.62 bits per heavy atom. The highest BCUT2D eigenvalue weighted by atomic mass is 32.1. The third-order valence-electron chi connectivity index (χ3n) is 11.4. The predicted molar refractivity (Wildman–Crippen MR) is 246 cm³/mol.